The van der Waals surface area contributed by atoms with E-state index in [9.17, 15) is 35.4 Å². The first-order valence-electron chi connectivity index (χ1n) is 11.8. The quantitative estimate of drug-likeness (QED) is 0.0767. The zero-order valence-corrected chi connectivity index (χ0v) is 23.0. The lowest BCUT2D eigenvalue weighted by Gasteiger charge is -2.11. The molecule has 5 aromatic rings. The van der Waals surface area contributed by atoms with Crippen LogP contribution in [0.4, 0.5) is 44.7 Å². The third-order valence-corrected chi connectivity index (χ3v) is 7.50. The number of benzene rings is 4. The Labute approximate surface area is 242 Å². The Morgan fingerprint density at radius 3 is 2.07 bits per heavy atom. The third kappa shape index (κ3) is 6.62. The number of hydrogen-bond acceptors (Lipinski definition) is 13. The van der Waals surface area contributed by atoms with Crippen molar-refractivity contribution in [3.8, 4) is 5.75 Å². The molecule has 1 aromatic heterocycles. The molecule has 43 heavy (non-hydrogen) atoms. The largest absolute Gasteiger partial charge is 0.507 e. The lowest BCUT2D eigenvalue weighted by molar-refractivity contribution is 0.480. The number of nitrogens with two attached hydrogens (primary N) is 1. The van der Waals surface area contributed by atoms with E-state index in [4.69, 9.17) is 5.73 Å². The van der Waals surface area contributed by atoms with Gasteiger partial charge in [0.05, 0.1) is 16.3 Å². The Kier molecular flexibility index (Phi) is 7.59. The fourth-order valence-electron chi connectivity index (χ4n) is 3.91. The molecule has 0 aliphatic rings. The molecular weight excluding hydrogens is 607 g/mol. The van der Waals surface area contributed by atoms with Gasteiger partial charge in [0.1, 0.15) is 16.3 Å². The van der Waals surface area contributed by atoms with Gasteiger partial charge >= 0.3 is 6.08 Å². The Hall–Kier alpha value is -5.30. The molecule has 0 radical (unpaired) electrons. The second-order valence-corrected chi connectivity index (χ2v) is 11.6. The fraction of sp³-hybridized carbons (Fsp3) is 0. The number of aromatic hydroxyl groups is 1. The van der Waals surface area contributed by atoms with Crippen LogP contribution in [0.3, 0.4) is 0 Å². The number of aromatic nitrogens is 3. The molecule has 0 bridgehead atoms. The van der Waals surface area contributed by atoms with Crippen molar-refractivity contribution < 1.29 is 35.4 Å². The van der Waals surface area contributed by atoms with E-state index in [2.05, 4.69) is 35.8 Å². The molecule has 1 heterocycles. The molecule has 0 atom stereocenters. The number of phenols is 1. The molecular formula is C25H19FN8O7S2. The molecule has 0 aliphatic carbocycles. The van der Waals surface area contributed by atoms with Gasteiger partial charge in [-0.1, -0.05) is 18.2 Å². The third-order valence-electron chi connectivity index (χ3n) is 5.78. The number of azo groups is 1. The Morgan fingerprint density at radius 2 is 1.42 bits per heavy atom. The summed E-state index contributed by atoms with van der Waals surface area (Å²) >= 11 is 0. The highest BCUT2D eigenvalue weighted by Gasteiger charge is 2.22. The van der Waals surface area contributed by atoms with Crippen molar-refractivity contribution in [3.05, 3.63) is 78.9 Å². The highest BCUT2D eigenvalue weighted by atomic mass is 32.2. The van der Waals surface area contributed by atoms with Crippen molar-refractivity contribution in [2.75, 3.05) is 16.4 Å². The molecule has 18 heteroatoms. The van der Waals surface area contributed by atoms with Gasteiger partial charge in [-0.3, -0.25) is 9.11 Å². The number of nitrogens with one attached hydrogen (secondary N) is 2. The first-order chi connectivity index (χ1) is 20.3. The number of phenolic OH excluding ortho intramolecular Hbond substituents is 1. The van der Waals surface area contributed by atoms with Crippen LogP contribution in [0.25, 0.3) is 10.8 Å². The number of anilines is 5. The van der Waals surface area contributed by atoms with Gasteiger partial charge in [0.15, 0.2) is 0 Å². The number of nitrogen functional groups attached to an aromatic ring is 1. The molecule has 0 saturated heterocycles. The van der Waals surface area contributed by atoms with Crippen molar-refractivity contribution in [1.82, 2.24) is 15.0 Å². The van der Waals surface area contributed by atoms with Crippen molar-refractivity contribution in [2.45, 2.75) is 9.79 Å². The van der Waals surface area contributed by atoms with Crippen LogP contribution in [0, 0.1) is 6.08 Å². The average molecular weight is 627 g/mol. The molecule has 4 aromatic carbocycles. The van der Waals surface area contributed by atoms with Crippen molar-refractivity contribution in [1.29, 1.82) is 0 Å². The van der Waals surface area contributed by atoms with Crippen molar-refractivity contribution in [3.63, 3.8) is 0 Å². The number of hydrogen-bond donors (Lipinski definition) is 6. The van der Waals surface area contributed by atoms with E-state index in [1.54, 1.807) is 0 Å². The SMILES string of the molecule is Nc1c(N=Nc2ccc(Nc3nc(F)nc(Nc4cccc(S(=O)(=O)O)c4)n3)cc2)c(S(=O)(=O)O)cc2cccc(O)c12. The first kappa shape index (κ1) is 29.2. The molecule has 0 spiro atoms. The van der Waals surface area contributed by atoms with Crippen LogP contribution in [0.5, 0.6) is 5.75 Å². The molecule has 5 rings (SSSR count). The van der Waals surface area contributed by atoms with Crippen LogP contribution in [-0.2, 0) is 20.2 Å². The van der Waals surface area contributed by atoms with Gasteiger partial charge in [-0.25, -0.2) is 0 Å². The second-order valence-electron chi connectivity index (χ2n) is 8.74. The van der Waals surface area contributed by atoms with Crippen molar-refractivity contribution in [2.24, 2.45) is 10.2 Å². The monoisotopic (exact) mass is 626 g/mol. The summed E-state index contributed by atoms with van der Waals surface area (Å²) < 4.78 is 79.8. The zero-order valence-electron chi connectivity index (χ0n) is 21.4. The standard InChI is InChI=1S/C25H19FN8O7S2/c26-23-30-24(32-25(31-23)29-16-4-2-5-17(12-16)42(36,37)38)28-14-7-9-15(10-8-14)33-34-22-19(43(39,40)41)11-13-3-1-6-18(35)20(13)21(22)27/h1-12,35H,27H2,(H,36,37,38)(H,39,40,41)(H2,28,29,30,31,32). The number of fused-ring (bicyclic) bond motifs is 1. The van der Waals surface area contributed by atoms with Crippen LogP contribution in [0.1, 0.15) is 0 Å². The second kappa shape index (κ2) is 11.2. The summed E-state index contributed by atoms with van der Waals surface area (Å²) in [7, 11) is -9.23. The van der Waals surface area contributed by atoms with E-state index < -0.39 is 36.1 Å². The Balaban J connectivity index is 1.38. The molecule has 220 valence electrons. The predicted molar refractivity (Wildman–Crippen MR) is 153 cm³/mol. The van der Waals surface area contributed by atoms with E-state index in [1.807, 2.05) is 0 Å². The van der Waals surface area contributed by atoms with Crippen LogP contribution in [0.15, 0.2) is 92.8 Å². The topological polar surface area (TPSA) is 242 Å². The van der Waals surface area contributed by atoms with Crippen molar-refractivity contribution >= 4 is 71.3 Å². The van der Waals surface area contributed by atoms with Crippen LogP contribution in [-0.4, -0.2) is 46.0 Å². The summed E-state index contributed by atoms with van der Waals surface area (Å²) in [5.74, 6) is -0.693. The maximum Gasteiger partial charge on any atom is 0.315 e. The minimum Gasteiger partial charge on any atom is -0.507 e. The summed E-state index contributed by atoms with van der Waals surface area (Å²) in [5.41, 5.74) is 6.27. The minimum atomic E-state index is -4.76. The predicted octanol–water partition coefficient (Wildman–Crippen LogP) is 4.85. The highest BCUT2D eigenvalue weighted by molar-refractivity contribution is 7.86. The Bertz CT molecular complexity index is 2130. The van der Waals surface area contributed by atoms with Gasteiger partial charge in [-0.15, -0.1) is 5.11 Å². The molecule has 0 fully saturated rings. The summed E-state index contributed by atoms with van der Waals surface area (Å²) in [4.78, 5) is 10.1. The van der Waals surface area contributed by atoms with Crippen LogP contribution in [0.2, 0.25) is 0 Å². The molecule has 7 N–H and O–H groups in total. The van der Waals surface area contributed by atoms with Gasteiger partial charge in [-0.2, -0.15) is 41.3 Å². The lowest BCUT2D eigenvalue weighted by Crippen LogP contribution is -2.06. The van der Waals surface area contributed by atoms with Gasteiger partial charge in [0.2, 0.25) is 11.9 Å². The highest BCUT2D eigenvalue weighted by Crippen LogP contribution is 2.41. The first-order valence-corrected chi connectivity index (χ1v) is 14.7. The Morgan fingerprint density at radius 1 is 0.767 bits per heavy atom. The van der Waals surface area contributed by atoms with Gasteiger partial charge < -0.3 is 21.5 Å². The maximum atomic E-state index is 14.1. The summed E-state index contributed by atoms with van der Waals surface area (Å²) in [6, 6.07) is 16.5. The van der Waals surface area contributed by atoms with Crippen LogP contribution >= 0.6 is 0 Å². The zero-order chi connectivity index (χ0) is 30.9. The van der Waals surface area contributed by atoms with Gasteiger partial charge in [-0.05, 0) is 60.0 Å². The number of nitrogens with zero attached hydrogens (tertiary/aromatic N) is 5. The van der Waals surface area contributed by atoms with Gasteiger partial charge in [0, 0.05) is 16.8 Å². The summed E-state index contributed by atoms with van der Waals surface area (Å²) in [6.07, 6.45) is -1.15. The number of halogens is 1. The average Bonchev–Trinajstić information content (AvgIpc) is 2.92. The van der Waals surface area contributed by atoms with E-state index in [0.717, 1.165) is 12.1 Å². The normalized spacial score (nSPS) is 12.1. The van der Waals surface area contributed by atoms with Gasteiger partial charge in [0.25, 0.3) is 20.2 Å². The summed E-state index contributed by atoms with van der Waals surface area (Å²) in [5, 5.41) is 23.9. The molecule has 0 saturated carbocycles. The minimum absolute atomic E-state index is 0.132. The van der Waals surface area contributed by atoms with E-state index in [1.165, 1.54) is 60.7 Å². The fourth-order valence-corrected chi connectivity index (χ4v) is 5.10. The smallest absolute Gasteiger partial charge is 0.315 e. The lowest BCUT2D eigenvalue weighted by atomic mass is 10.1. The molecule has 0 aliphatic heterocycles. The summed E-state index contributed by atoms with van der Waals surface area (Å²) in [6.45, 7) is 0. The molecule has 0 unspecified atom stereocenters. The maximum absolute atomic E-state index is 14.1. The molecule has 0 amide bonds. The van der Waals surface area contributed by atoms with E-state index >= 15 is 0 Å². The number of rotatable bonds is 8. The van der Waals surface area contributed by atoms with Crippen LogP contribution < -0.4 is 16.4 Å². The van der Waals surface area contributed by atoms with E-state index in [-0.39, 0.29) is 51.2 Å². The van der Waals surface area contributed by atoms with E-state index in [0.29, 0.717) is 5.69 Å². The molecule has 15 nitrogen and oxygen atoms in total.